The average molecular weight is 466 g/mol. The van der Waals surface area contributed by atoms with Crippen LogP contribution < -0.4 is 11.1 Å². The normalized spacial score (nSPS) is 24.2. The topological polar surface area (TPSA) is 170 Å². The zero-order valence-electron chi connectivity index (χ0n) is 18.6. The molecule has 1 aromatic rings. The smallest absolute Gasteiger partial charge is 0.342 e. The summed E-state index contributed by atoms with van der Waals surface area (Å²) in [5, 5.41) is 2.50. The van der Waals surface area contributed by atoms with E-state index < -0.39 is 67.0 Å². The summed E-state index contributed by atoms with van der Waals surface area (Å²) in [6.07, 6.45) is -5.34. The number of hydrogen-bond acceptors (Lipinski definition) is 11. The third-order valence-electron chi connectivity index (χ3n) is 4.48. The van der Waals surface area contributed by atoms with Gasteiger partial charge in [0.2, 0.25) is 12.2 Å². The van der Waals surface area contributed by atoms with Crippen LogP contribution in [0.3, 0.4) is 0 Å². The van der Waals surface area contributed by atoms with Crippen molar-refractivity contribution in [1.82, 2.24) is 5.32 Å². The number of ether oxygens (including phenoxy) is 5. The van der Waals surface area contributed by atoms with Crippen molar-refractivity contribution < 1.29 is 47.7 Å². The molecule has 0 unspecified atom stereocenters. The molecule has 0 aromatic heterocycles. The average Bonchev–Trinajstić information content (AvgIpc) is 2.70. The highest BCUT2D eigenvalue weighted by molar-refractivity contribution is 5.95. The van der Waals surface area contributed by atoms with Crippen LogP contribution in [0.2, 0.25) is 0 Å². The second-order valence-electron chi connectivity index (χ2n) is 7.21. The van der Waals surface area contributed by atoms with E-state index in [2.05, 4.69) is 5.32 Å². The van der Waals surface area contributed by atoms with E-state index in [4.69, 9.17) is 29.4 Å². The van der Waals surface area contributed by atoms with E-state index >= 15 is 0 Å². The van der Waals surface area contributed by atoms with E-state index in [-0.39, 0.29) is 11.3 Å². The minimum absolute atomic E-state index is 0.0327. The van der Waals surface area contributed by atoms with Gasteiger partial charge in [0.25, 0.3) is 0 Å². The Kier molecular flexibility index (Phi) is 8.74. The van der Waals surface area contributed by atoms with Crippen LogP contribution in [-0.2, 0) is 42.9 Å². The number of carbonyl (C=O) groups is 5. The van der Waals surface area contributed by atoms with Gasteiger partial charge in [-0.15, -0.1) is 0 Å². The third kappa shape index (κ3) is 7.17. The van der Waals surface area contributed by atoms with Crippen molar-refractivity contribution in [3.05, 3.63) is 29.8 Å². The first-order valence-corrected chi connectivity index (χ1v) is 9.95. The molecule has 12 heteroatoms. The SMILES string of the molecule is CC(=O)N[C@@H]1[C@H](OC(=O)c2ccccc2N)O[C@H](COC(C)=O)[C@H](OC(C)=O)[C@H]1OC(C)=O. The van der Waals surface area contributed by atoms with Crippen molar-refractivity contribution in [3.63, 3.8) is 0 Å². The summed E-state index contributed by atoms with van der Waals surface area (Å²) >= 11 is 0. The van der Waals surface area contributed by atoms with Gasteiger partial charge in [-0.2, -0.15) is 0 Å². The van der Waals surface area contributed by atoms with Gasteiger partial charge in [-0.3, -0.25) is 19.2 Å². The molecule has 180 valence electrons. The predicted molar refractivity (Wildman–Crippen MR) is 110 cm³/mol. The zero-order chi connectivity index (χ0) is 24.7. The van der Waals surface area contributed by atoms with Gasteiger partial charge in [0.15, 0.2) is 12.2 Å². The minimum atomic E-state index is -1.52. The molecule has 1 saturated heterocycles. The van der Waals surface area contributed by atoms with Gasteiger partial charge in [-0.25, -0.2) is 4.79 Å². The molecule has 0 radical (unpaired) electrons. The lowest BCUT2D eigenvalue weighted by Gasteiger charge is -2.44. The van der Waals surface area contributed by atoms with Gasteiger partial charge >= 0.3 is 23.9 Å². The van der Waals surface area contributed by atoms with Crippen molar-refractivity contribution in [2.75, 3.05) is 12.3 Å². The second-order valence-corrected chi connectivity index (χ2v) is 7.21. The molecule has 1 fully saturated rings. The van der Waals surface area contributed by atoms with Crippen LogP contribution in [0, 0.1) is 0 Å². The van der Waals surface area contributed by atoms with Crippen molar-refractivity contribution in [2.45, 2.75) is 58.3 Å². The first-order chi connectivity index (χ1) is 15.5. The largest absolute Gasteiger partial charge is 0.463 e. The number of nitrogen functional groups attached to an aromatic ring is 1. The lowest BCUT2D eigenvalue weighted by atomic mass is 9.96. The number of hydrogen-bond donors (Lipinski definition) is 2. The molecule has 1 heterocycles. The summed E-state index contributed by atoms with van der Waals surface area (Å²) in [7, 11) is 0. The Balaban J connectivity index is 2.45. The standard InChI is InChI=1S/C21H26N2O10/c1-10(24)23-17-19(31-13(4)27)18(30-12(3)26)16(9-29-11(2)25)32-21(17)33-20(28)14-7-5-6-8-15(14)22/h5-8,16-19,21H,9,22H2,1-4H3,(H,23,24)/t16-,17+,18+,19+,21+/m1/s1. The van der Waals surface area contributed by atoms with E-state index in [1.807, 2.05) is 0 Å². The quantitative estimate of drug-likeness (QED) is 0.317. The Morgan fingerprint density at radius 2 is 1.52 bits per heavy atom. The fourth-order valence-corrected chi connectivity index (χ4v) is 3.24. The van der Waals surface area contributed by atoms with E-state index in [0.717, 1.165) is 20.8 Å². The van der Waals surface area contributed by atoms with Gasteiger partial charge in [-0.05, 0) is 12.1 Å². The summed E-state index contributed by atoms with van der Waals surface area (Å²) in [6.45, 7) is 4.15. The number of nitrogens with one attached hydrogen (secondary N) is 1. The molecule has 12 nitrogen and oxygen atoms in total. The van der Waals surface area contributed by atoms with E-state index in [1.54, 1.807) is 12.1 Å². The van der Waals surface area contributed by atoms with Crippen molar-refractivity contribution in [3.8, 4) is 0 Å². The molecule has 0 aliphatic carbocycles. The number of benzene rings is 1. The lowest BCUT2D eigenvalue weighted by molar-refractivity contribution is -0.263. The number of amides is 1. The molecule has 0 saturated carbocycles. The first-order valence-electron chi connectivity index (χ1n) is 9.95. The number of nitrogens with two attached hydrogens (primary N) is 1. The second kappa shape index (κ2) is 11.3. The number of rotatable bonds is 7. The minimum Gasteiger partial charge on any atom is -0.463 e. The molecular weight excluding hydrogens is 440 g/mol. The van der Waals surface area contributed by atoms with Gasteiger partial charge in [-0.1, -0.05) is 12.1 Å². The summed E-state index contributed by atoms with van der Waals surface area (Å²) in [5.41, 5.74) is 6.00. The monoisotopic (exact) mass is 466 g/mol. The molecule has 2 rings (SSSR count). The van der Waals surface area contributed by atoms with Crippen LogP contribution in [0.1, 0.15) is 38.1 Å². The molecule has 33 heavy (non-hydrogen) atoms. The fraction of sp³-hybridized carbons (Fsp3) is 0.476. The van der Waals surface area contributed by atoms with E-state index in [1.165, 1.54) is 19.1 Å². The van der Waals surface area contributed by atoms with Crippen LogP contribution in [-0.4, -0.2) is 67.0 Å². The summed E-state index contributed by atoms with van der Waals surface area (Å²) in [5.74, 6) is -3.62. The number of para-hydroxylation sites is 1. The number of carbonyl (C=O) groups excluding carboxylic acids is 5. The Labute approximate surface area is 189 Å². The highest BCUT2D eigenvalue weighted by Gasteiger charge is 2.52. The van der Waals surface area contributed by atoms with Gasteiger partial charge in [0.05, 0.1) is 5.56 Å². The third-order valence-corrected chi connectivity index (χ3v) is 4.48. The molecule has 0 bridgehead atoms. The van der Waals surface area contributed by atoms with Gasteiger partial charge in [0, 0.05) is 33.4 Å². The van der Waals surface area contributed by atoms with Crippen molar-refractivity contribution >= 4 is 35.5 Å². The van der Waals surface area contributed by atoms with Crippen molar-refractivity contribution in [1.29, 1.82) is 0 Å². The van der Waals surface area contributed by atoms with Crippen LogP contribution in [0.15, 0.2) is 24.3 Å². The van der Waals surface area contributed by atoms with E-state index in [9.17, 15) is 24.0 Å². The van der Waals surface area contributed by atoms with Crippen LogP contribution in [0.5, 0.6) is 0 Å². The Hall–Kier alpha value is -3.67. The highest BCUT2D eigenvalue weighted by atomic mass is 16.7. The van der Waals surface area contributed by atoms with Crippen molar-refractivity contribution in [2.24, 2.45) is 0 Å². The molecule has 0 spiro atoms. The Morgan fingerprint density at radius 1 is 0.909 bits per heavy atom. The number of esters is 4. The maximum atomic E-state index is 12.8. The predicted octanol–water partition coefficient (Wildman–Crippen LogP) is 0.0817. The Bertz CT molecular complexity index is 918. The van der Waals surface area contributed by atoms with Gasteiger partial charge < -0.3 is 34.7 Å². The van der Waals surface area contributed by atoms with E-state index in [0.29, 0.717) is 0 Å². The molecule has 1 aromatic carbocycles. The number of anilines is 1. The first kappa shape index (κ1) is 25.6. The van der Waals surface area contributed by atoms with Crippen LogP contribution >= 0.6 is 0 Å². The molecular formula is C21H26N2O10. The maximum absolute atomic E-state index is 12.8. The summed E-state index contributed by atoms with van der Waals surface area (Å²) in [6, 6.07) is 4.85. The van der Waals surface area contributed by atoms with Crippen LogP contribution in [0.25, 0.3) is 0 Å². The highest BCUT2D eigenvalue weighted by Crippen LogP contribution is 2.29. The molecule has 1 aliphatic heterocycles. The van der Waals surface area contributed by atoms with Gasteiger partial charge in [0.1, 0.15) is 18.8 Å². The molecule has 5 atom stereocenters. The fourth-order valence-electron chi connectivity index (χ4n) is 3.24. The summed E-state index contributed by atoms with van der Waals surface area (Å²) in [4.78, 5) is 59.5. The zero-order valence-corrected chi connectivity index (χ0v) is 18.6. The van der Waals surface area contributed by atoms with Crippen LogP contribution in [0.4, 0.5) is 5.69 Å². The Morgan fingerprint density at radius 3 is 2.06 bits per heavy atom. The maximum Gasteiger partial charge on any atom is 0.342 e. The molecule has 1 amide bonds. The molecule has 1 aliphatic rings. The molecule has 3 N–H and O–H groups in total. The summed E-state index contributed by atoms with van der Waals surface area (Å²) < 4.78 is 26.8. The lowest BCUT2D eigenvalue weighted by Crippen LogP contribution is -2.66.